The van der Waals surface area contributed by atoms with E-state index in [1.165, 1.54) is 19.5 Å². The van der Waals surface area contributed by atoms with Gasteiger partial charge in [0.1, 0.15) is 0 Å². The molecular weight excluding hydrogens is 288 g/mol. The van der Waals surface area contributed by atoms with Crippen LogP contribution in [0.1, 0.15) is 35.2 Å². The molecule has 0 aliphatic carbocycles. The fourth-order valence-electron chi connectivity index (χ4n) is 3.38. The van der Waals surface area contributed by atoms with Gasteiger partial charge in [0, 0.05) is 44.5 Å². The molecule has 0 aromatic heterocycles. The molecule has 0 bridgehead atoms. The Hall–Kier alpha value is -2.06. The molecule has 0 radical (unpaired) electrons. The number of benzene rings is 1. The molecule has 1 amide bonds. The first kappa shape index (κ1) is 15.8. The van der Waals surface area contributed by atoms with Gasteiger partial charge in [0.15, 0.2) is 0 Å². The van der Waals surface area contributed by atoms with Crippen molar-refractivity contribution >= 4 is 11.6 Å². The van der Waals surface area contributed by atoms with Crippen molar-refractivity contribution in [2.75, 3.05) is 45.2 Å². The molecule has 122 valence electrons. The summed E-state index contributed by atoms with van der Waals surface area (Å²) in [5.41, 5.74) is 2.05. The van der Waals surface area contributed by atoms with Crippen molar-refractivity contribution in [3.05, 3.63) is 29.3 Å². The molecule has 5 heteroatoms. The molecule has 23 heavy (non-hydrogen) atoms. The molecule has 1 aromatic carbocycles. The van der Waals surface area contributed by atoms with Gasteiger partial charge in [0.2, 0.25) is 0 Å². The van der Waals surface area contributed by atoms with Crippen LogP contribution in [0, 0.1) is 11.3 Å². The number of carbonyl (C=O) groups excluding carboxylic acids is 1. The molecule has 0 unspecified atom stereocenters. The minimum Gasteiger partial charge on any atom is -0.378 e. The normalized spacial score (nSPS) is 19.1. The van der Waals surface area contributed by atoms with Crippen molar-refractivity contribution in [3.63, 3.8) is 0 Å². The highest BCUT2D eigenvalue weighted by molar-refractivity contribution is 5.95. The van der Waals surface area contributed by atoms with Gasteiger partial charge in [-0.15, -0.1) is 0 Å². The molecule has 0 N–H and O–H groups in total. The molecule has 3 rings (SSSR count). The van der Waals surface area contributed by atoms with E-state index in [4.69, 9.17) is 0 Å². The lowest BCUT2D eigenvalue weighted by molar-refractivity contribution is 0.0489. The third-order valence-corrected chi connectivity index (χ3v) is 4.97. The van der Waals surface area contributed by atoms with Crippen LogP contribution in [0.5, 0.6) is 0 Å². The standard InChI is InChI=1S/C18H24N4O/c1-20(2)17-11-14(13-19)10-15(12-17)18(23)22-8-4-16(5-9-22)21-6-3-7-21/h10-12,16H,3-9H2,1-2H3. The Kier molecular flexibility index (Phi) is 4.53. The predicted molar refractivity (Wildman–Crippen MR) is 90.6 cm³/mol. The fraction of sp³-hybridized carbons (Fsp3) is 0.556. The van der Waals surface area contributed by atoms with Crippen molar-refractivity contribution in [2.45, 2.75) is 25.3 Å². The summed E-state index contributed by atoms with van der Waals surface area (Å²) in [6.07, 6.45) is 3.43. The summed E-state index contributed by atoms with van der Waals surface area (Å²) in [4.78, 5) is 19.2. The Morgan fingerprint density at radius 3 is 2.39 bits per heavy atom. The summed E-state index contributed by atoms with van der Waals surface area (Å²) in [6.45, 7) is 4.06. The lowest BCUT2D eigenvalue weighted by atomic mass is 9.99. The number of anilines is 1. The lowest BCUT2D eigenvalue weighted by Gasteiger charge is -2.43. The zero-order valence-electron chi connectivity index (χ0n) is 14.0. The average Bonchev–Trinajstić information content (AvgIpc) is 2.52. The number of piperidine rings is 1. The Labute approximate surface area is 138 Å². The summed E-state index contributed by atoms with van der Waals surface area (Å²) in [7, 11) is 3.84. The highest BCUT2D eigenvalue weighted by Gasteiger charge is 2.29. The second-order valence-corrected chi connectivity index (χ2v) is 6.69. The Morgan fingerprint density at radius 1 is 1.17 bits per heavy atom. The molecule has 2 saturated heterocycles. The second kappa shape index (κ2) is 6.59. The third-order valence-electron chi connectivity index (χ3n) is 4.97. The Balaban J connectivity index is 1.70. The van der Waals surface area contributed by atoms with Gasteiger partial charge in [-0.3, -0.25) is 4.79 Å². The third kappa shape index (κ3) is 3.32. The Bertz CT molecular complexity index is 622. The van der Waals surface area contributed by atoms with Crippen molar-refractivity contribution < 1.29 is 4.79 Å². The van der Waals surface area contributed by atoms with Crippen LogP contribution in [0.2, 0.25) is 0 Å². The SMILES string of the molecule is CN(C)c1cc(C#N)cc(C(=O)N2CCC(N3CCC3)CC2)c1. The number of hydrogen-bond acceptors (Lipinski definition) is 4. The molecule has 5 nitrogen and oxygen atoms in total. The van der Waals surface area contributed by atoms with Crippen LogP contribution >= 0.6 is 0 Å². The van der Waals surface area contributed by atoms with Gasteiger partial charge in [0.25, 0.3) is 5.91 Å². The molecule has 0 atom stereocenters. The van der Waals surface area contributed by atoms with Crippen LogP contribution in [0.15, 0.2) is 18.2 Å². The van der Waals surface area contributed by atoms with Gasteiger partial charge < -0.3 is 14.7 Å². The first-order chi connectivity index (χ1) is 11.1. The second-order valence-electron chi connectivity index (χ2n) is 6.69. The van der Waals surface area contributed by atoms with Crippen LogP contribution in [0.25, 0.3) is 0 Å². The smallest absolute Gasteiger partial charge is 0.253 e. The maximum Gasteiger partial charge on any atom is 0.253 e. The van der Waals surface area contributed by atoms with Crippen LogP contribution < -0.4 is 4.90 Å². The van der Waals surface area contributed by atoms with E-state index in [0.29, 0.717) is 17.2 Å². The minimum absolute atomic E-state index is 0.0484. The van der Waals surface area contributed by atoms with E-state index in [9.17, 15) is 10.1 Å². The molecule has 2 heterocycles. The van der Waals surface area contributed by atoms with E-state index < -0.39 is 0 Å². The van der Waals surface area contributed by atoms with Gasteiger partial charge in [-0.05, 0) is 50.6 Å². The molecule has 0 spiro atoms. The average molecular weight is 312 g/mol. The predicted octanol–water partition coefficient (Wildman–Crippen LogP) is 1.93. The summed E-state index contributed by atoms with van der Waals surface area (Å²) >= 11 is 0. The van der Waals surface area contributed by atoms with Crippen molar-refractivity contribution in [1.29, 1.82) is 5.26 Å². The highest BCUT2D eigenvalue weighted by atomic mass is 16.2. The van der Waals surface area contributed by atoms with Gasteiger partial charge in [-0.1, -0.05) is 0 Å². The van der Waals surface area contributed by atoms with Crippen molar-refractivity contribution in [3.8, 4) is 6.07 Å². The summed E-state index contributed by atoms with van der Waals surface area (Å²) in [5.74, 6) is 0.0484. The summed E-state index contributed by atoms with van der Waals surface area (Å²) < 4.78 is 0. The fourth-order valence-corrected chi connectivity index (χ4v) is 3.38. The number of rotatable bonds is 3. The highest BCUT2D eigenvalue weighted by Crippen LogP contribution is 2.24. The largest absolute Gasteiger partial charge is 0.378 e. The van der Waals surface area contributed by atoms with Gasteiger partial charge in [0.05, 0.1) is 11.6 Å². The number of nitrogens with zero attached hydrogens (tertiary/aromatic N) is 4. The van der Waals surface area contributed by atoms with E-state index in [0.717, 1.165) is 31.6 Å². The summed E-state index contributed by atoms with van der Waals surface area (Å²) in [5, 5.41) is 9.19. The van der Waals surface area contributed by atoms with Gasteiger partial charge in [-0.2, -0.15) is 5.26 Å². The summed E-state index contributed by atoms with van der Waals surface area (Å²) in [6, 6.07) is 8.20. The molecule has 0 saturated carbocycles. The Morgan fingerprint density at radius 2 is 1.87 bits per heavy atom. The van der Waals surface area contributed by atoms with E-state index >= 15 is 0 Å². The number of hydrogen-bond donors (Lipinski definition) is 0. The van der Waals surface area contributed by atoms with E-state index in [-0.39, 0.29) is 5.91 Å². The van der Waals surface area contributed by atoms with Crippen LogP contribution in [-0.4, -0.2) is 62.0 Å². The lowest BCUT2D eigenvalue weighted by Crippen LogP contribution is -2.51. The first-order valence-corrected chi connectivity index (χ1v) is 8.34. The van der Waals surface area contributed by atoms with Crippen molar-refractivity contribution in [1.82, 2.24) is 9.80 Å². The number of likely N-dealkylation sites (tertiary alicyclic amines) is 2. The topological polar surface area (TPSA) is 50.6 Å². The molecule has 1 aromatic rings. The van der Waals surface area contributed by atoms with Crippen LogP contribution in [0.4, 0.5) is 5.69 Å². The minimum atomic E-state index is 0.0484. The van der Waals surface area contributed by atoms with Gasteiger partial charge in [-0.25, -0.2) is 0 Å². The zero-order valence-corrected chi connectivity index (χ0v) is 14.0. The maximum absolute atomic E-state index is 12.8. The number of carbonyl (C=O) groups is 1. The number of amides is 1. The molecule has 2 aliphatic heterocycles. The molecule has 2 fully saturated rings. The maximum atomic E-state index is 12.8. The molecule has 2 aliphatic rings. The first-order valence-electron chi connectivity index (χ1n) is 8.34. The van der Waals surface area contributed by atoms with Crippen molar-refractivity contribution in [2.24, 2.45) is 0 Å². The van der Waals surface area contributed by atoms with Gasteiger partial charge >= 0.3 is 0 Å². The van der Waals surface area contributed by atoms with Crippen LogP contribution in [-0.2, 0) is 0 Å². The zero-order chi connectivity index (χ0) is 16.4. The number of nitriles is 1. The van der Waals surface area contributed by atoms with E-state index in [1.807, 2.05) is 36.0 Å². The van der Waals surface area contributed by atoms with Crippen LogP contribution in [0.3, 0.4) is 0 Å². The molecular formula is C18H24N4O. The van der Waals surface area contributed by atoms with E-state index in [2.05, 4.69) is 11.0 Å². The monoisotopic (exact) mass is 312 g/mol. The van der Waals surface area contributed by atoms with E-state index in [1.54, 1.807) is 6.07 Å². The quantitative estimate of drug-likeness (QED) is 0.856.